The van der Waals surface area contributed by atoms with Crippen molar-refractivity contribution in [2.24, 2.45) is 5.73 Å². The quantitative estimate of drug-likeness (QED) is 0.720. The maximum absolute atomic E-state index is 13.1. The average Bonchev–Trinajstić information content (AvgIpc) is 2.08. The van der Waals surface area contributed by atoms with Gasteiger partial charge in [0.1, 0.15) is 5.82 Å². The van der Waals surface area contributed by atoms with E-state index in [1.165, 1.54) is 6.07 Å². The van der Waals surface area contributed by atoms with Crippen LogP contribution in [0.3, 0.4) is 0 Å². The van der Waals surface area contributed by atoms with Gasteiger partial charge in [-0.3, -0.25) is 4.79 Å². The summed E-state index contributed by atoms with van der Waals surface area (Å²) >= 11 is 0. The highest BCUT2D eigenvalue weighted by Gasteiger charge is 2.05. The first-order valence-corrected chi connectivity index (χ1v) is 3.88. The molecule has 0 fully saturated rings. The van der Waals surface area contributed by atoms with Crippen LogP contribution in [0.15, 0.2) is 18.2 Å². The number of nitrogens with two attached hydrogens (primary N) is 1. The number of carbonyl (C=O) groups excluding carboxylic acids is 1. The van der Waals surface area contributed by atoms with Crippen molar-refractivity contribution in [1.29, 1.82) is 0 Å². The predicted molar refractivity (Wildman–Crippen MR) is 47.7 cm³/mol. The van der Waals surface area contributed by atoms with Gasteiger partial charge in [-0.05, 0) is 19.2 Å². The first-order valence-electron chi connectivity index (χ1n) is 3.88. The summed E-state index contributed by atoms with van der Waals surface area (Å²) in [6, 6.07) is 4.21. The van der Waals surface area contributed by atoms with E-state index in [1.807, 2.05) is 0 Å². The van der Waals surface area contributed by atoms with Crippen LogP contribution in [0, 0.1) is 5.82 Å². The standard InChI is InChI=1S/C9H11FN2O/c1-12-5-7-3-2-6(9(11)13)4-8(7)10/h2-4,12H,5H2,1H3,(H2,11,13). The van der Waals surface area contributed by atoms with Gasteiger partial charge in [-0.25, -0.2) is 4.39 Å². The minimum Gasteiger partial charge on any atom is -0.366 e. The summed E-state index contributed by atoms with van der Waals surface area (Å²) in [4.78, 5) is 10.7. The largest absolute Gasteiger partial charge is 0.366 e. The Morgan fingerprint density at radius 2 is 2.31 bits per heavy atom. The van der Waals surface area contributed by atoms with Gasteiger partial charge in [0.2, 0.25) is 5.91 Å². The molecular weight excluding hydrogens is 171 g/mol. The van der Waals surface area contributed by atoms with Gasteiger partial charge in [0.15, 0.2) is 0 Å². The number of halogens is 1. The highest BCUT2D eigenvalue weighted by atomic mass is 19.1. The van der Waals surface area contributed by atoms with Crippen LogP contribution in [0.5, 0.6) is 0 Å². The van der Waals surface area contributed by atoms with Crippen LogP contribution in [-0.4, -0.2) is 13.0 Å². The molecule has 3 nitrogen and oxygen atoms in total. The highest BCUT2D eigenvalue weighted by molar-refractivity contribution is 5.92. The Bertz CT molecular complexity index is 325. The number of carbonyl (C=O) groups is 1. The number of hydrogen-bond acceptors (Lipinski definition) is 2. The molecule has 1 aromatic rings. The first-order chi connectivity index (χ1) is 6.15. The highest BCUT2D eigenvalue weighted by Crippen LogP contribution is 2.09. The zero-order valence-electron chi connectivity index (χ0n) is 7.30. The van der Waals surface area contributed by atoms with E-state index in [4.69, 9.17) is 5.73 Å². The number of primary amides is 1. The fourth-order valence-electron chi connectivity index (χ4n) is 1.03. The first kappa shape index (κ1) is 9.67. The molecule has 0 atom stereocenters. The molecule has 1 rings (SSSR count). The van der Waals surface area contributed by atoms with E-state index in [0.717, 1.165) is 6.07 Å². The molecule has 0 aromatic heterocycles. The molecule has 0 saturated carbocycles. The molecule has 0 aliphatic carbocycles. The molecule has 0 aliphatic rings. The molecule has 1 amide bonds. The molecule has 0 spiro atoms. The number of nitrogens with one attached hydrogen (secondary N) is 1. The van der Waals surface area contributed by atoms with Gasteiger partial charge in [-0.1, -0.05) is 6.07 Å². The molecule has 0 heterocycles. The van der Waals surface area contributed by atoms with Gasteiger partial charge in [0, 0.05) is 17.7 Å². The van der Waals surface area contributed by atoms with Crippen molar-refractivity contribution in [3.63, 3.8) is 0 Å². The minimum atomic E-state index is -0.616. The van der Waals surface area contributed by atoms with Gasteiger partial charge >= 0.3 is 0 Å². The van der Waals surface area contributed by atoms with E-state index in [-0.39, 0.29) is 5.56 Å². The van der Waals surface area contributed by atoms with Crippen LogP contribution in [0.25, 0.3) is 0 Å². The van der Waals surface area contributed by atoms with Crippen molar-refractivity contribution in [2.75, 3.05) is 7.05 Å². The van der Waals surface area contributed by atoms with Crippen LogP contribution < -0.4 is 11.1 Å². The molecule has 13 heavy (non-hydrogen) atoms. The molecule has 0 bridgehead atoms. The summed E-state index contributed by atoms with van der Waals surface area (Å²) in [5.41, 5.74) is 5.70. The summed E-state index contributed by atoms with van der Waals surface area (Å²) in [6.45, 7) is 0.435. The maximum atomic E-state index is 13.1. The van der Waals surface area contributed by atoms with E-state index in [1.54, 1.807) is 13.1 Å². The Labute approximate surface area is 75.7 Å². The van der Waals surface area contributed by atoms with E-state index in [0.29, 0.717) is 12.1 Å². The van der Waals surface area contributed by atoms with Crippen molar-refractivity contribution in [1.82, 2.24) is 5.32 Å². The monoisotopic (exact) mass is 182 g/mol. The number of amides is 1. The lowest BCUT2D eigenvalue weighted by Crippen LogP contribution is -2.13. The zero-order valence-corrected chi connectivity index (χ0v) is 7.30. The van der Waals surface area contributed by atoms with Crippen molar-refractivity contribution in [3.05, 3.63) is 35.1 Å². The summed E-state index contributed by atoms with van der Waals surface area (Å²) in [5, 5.41) is 2.82. The lowest BCUT2D eigenvalue weighted by Gasteiger charge is -2.02. The molecule has 0 radical (unpaired) electrons. The van der Waals surface area contributed by atoms with E-state index < -0.39 is 11.7 Å². The molecule has 0 unspecified atom stereocenters. The maximum Gasteiger partial charge on any atom is 0.248 e. The summed E-state index contributed by atoms with van der Waals surface area (Å²) in [6.07, 6.45) is 0. The van der Waals surface area contributed by atoms with Crippen LogP contribution in [-0.2, 0) is 6.54 Å². The SMILES string of the molecule is CNCc1ccc(C(N)=O)cc1F. The van der Waals surface area contributed by atoms with Crippen LogP contribution in [0.1, 0.15) is 15.9 Å². The fraction of sp³-hybridized carbons (Fsp3) is 0.222. The van der Waals surface area contributed by atoms with Gasteiger partial charge < -0.3 is 11.1 Å². The molecule has 70 valence electrons. The molecular formula is C9H11FN2O. The second-order valence-electron chi connectivity index (χ2n) is 2.70. The zero-order chi connectivity index (χ0) is 9.84. The van der Waals surface area contributed by atoms with E-state index in [2.05, 4.69) is 5.32 Å². The lowest BCUT2D eigenvalue weighted by atomic mass is 10.1. The predicted octanol–water partition coefficient (Wildman–Crippen LogP) is 0.644. The van der Waals surface area contributed by atoms with Gasteiger partial charge in [-0.15, -0.1) is 0 Å². The normalized spacial score (nSPS) is 10.0. The second-order valence-corrected chi connectivity index (χ2v) is 2.70. The summed E-state index contributed by atoms with van der Waals surface area (Å²) < 4.78 is 13.1. The smallest absolute Gasteiger partial charge is 0.248 e. The van der Waals surface area contributed by atoms with Crippen LogP contribution >= 0.6 is 0 Å². The molecule has 1 aromatic carbocycles. The number of hydrogen-bond donors (Lipinski definition) is 2. The third kappa shape index (κ3) is 2.26. The Balaban J connectivity index is 2.98. The molecule has 4 heteroatoms. The third-order valence-corrected chi connectivity index (χ3v) is 1.70. The van der Waals surface area contributed by atoms with Crippen LogP contribution in [0.4, 0.5) is 4.39 Å². The molecule has 3 N–H and O–H groups in total. The van der Waals surface area contributed by atoms with Crippen molar-refractivity contribution in [2.45, 2.75) is 6.54 Å². The summed E-state index contributed by atoms with van der Waals surface area (Å²) in [5.74, 6) is -1.03. The molecule has 0 saturated heterocycles. The minimum absolute atomic E-state index is 0.192. The molecule has 0 aliphatic heterocycles. The van der Waals surface area contributed by atoms with Gasteiger partial charge in [-0.2, -0.15) is 0 Å². The Hall–Kier alpha value is -1.42. The average molecular weight is 182 g/mol. The number of rotatable bonds is 3. The summed E-state index contributed by atoms with van der Waals surface area (Å²) in [7, 11) is 1.72. The van der Waals surface area contributed by atoms with E-state index >= 15 is 0 Å². The van der Waals surface area contributed by atoms with Crippen LogP contribution in [0.2, 0.25) is 0 Å². The number of benzene rings is 1. The van der Waals surface area contributed by atoms with E-state index in [9.17, 15) is 9.18 Å². The second kappa shape index (κ2) is 4.00. The fourth-order valence-corrected chi connectivity index (χ4v) is 1.03. The third-order valence-electron chi connectivity index (χ3n) is 1.70. The van der Waals surface area contributed by atoms with Crippen molar-refractivity contribution < 1.29 is 9.18 Å². The Morgan fingerprint density at radius 1 is 1.62 bits per heavy atom. The van der Waals surface area contributed by atoms with Crippen molar-refractivity contribution >= 4 is 5.91 Å². The Kier molecular flexibility index (Phi) is 2.97. The topological polar surface area (TPSA) is 55.1 Å². The van der Waals surface area contributed by atoms with Crippen molar-refractivity contribution in [3.8, 4) is 0 Å². The Morgan fingerprint density at radius 3 is 2.77 bits per heavy atom. The van der Waals surface area contributed by atoms with Gasteiger partial charge in [0.25, 0.3) is 0 Å². The van der Waals surface area contributed by atoms with Gasteiger partial charge in [0.05, 0.1) is 0 Å². The lowest BCUT2D eigenvalue weighted by molar-refractivity contribution is 0.1000.